The zero-order valence-corrected chi connectivity index (χ0v) is 19.4. The van der Waals surface area contributed by atoms with E-state index >= 15 is 0 Å². The average molecular weight is 446 g/mol. The summed E-state index contributed by atoms with van der Waals surface area (Å²) in [4.78, 5) is 17.4. The third-order valence-electron chi connectivity index (χ3n) is 5.57. The number of hydrogen-bond acceptors (Lipinski definition) is 4. The highest BCUT2D eigenvalue weighted by Crippen LogP contribution is 2.29. The summed E-state index contributed by atoms with van der Waals surface area (Å²) in [6.07, 6.45) is 1.09. The predicted molar refractivity (Wildman–Crippen MR) is 132 cm³/mol. The quantitative estimate of drug-likeness (QED) is 0.324. The number of ether oxygens (including phenoxy) is 1. The van der Waals surface area contributed by atoms with E-state index in [1.807, 2.05) is 60.7 Å². The number of hydrogen-bond donors (Lipinski definition) is 1. The molecule has 1 atom stereocenters. The van der Waals surface area contributed by atoms with Gasteiger partial charge >= 0.3 is 0 Å². The third kappa shape index (κ3) is 4.81. The molecule has 1 heterocycles. The van der Waals surface area contributed by atoms with E-state index in [1.165, 1.54) is 17.3 Å². The Hall–Kier alpha value is -3.25. The molecule has 0 aliphatic heterocycles. The van der Waals surface area contributed by atoms with E-state index in [4.69, 9.17) is 9.72 Å². The van der Waals surface area contributed by atoms with Gasteiger partial charge in [0.25, 0.3) is 0 Å². The van der Waals surface area contributed by atoms with Crippen LogP contribution in [0.3, 0.4) is 0 Å². The molecule has 32 heavy (non-hydrogen) atoms. The van der Waals surface area contributed by atoms with Gasteiger partial charge in [0.15, 0.2) is 5.16 Å². The van der Waals surface area contributed by atoms with E-state index in [0.29, 0.717) is 5.92 Å². The van der Waals surface area contributed by atoms with Crippen LogP contribution in [-0.4, -0.2) is 28.3 Å². The fourth-order valence-electron chi connectivity index (χ4n) is 3.54. The number of para-hydroxylation sites is 2. The second kappa shape index (κ2) is 9.92. The molecule has 0 bridgehead atoms. The summed E-state index contributed by atoms with van der Waals surface area (Å²) in [5.41, 5.74) is 4.97. The number of methoxy groups -OCH3 is 1. The van der Waals surface area contributed by atoms with Crippen molar-refractivity contribution in [3.05, 3.63) is 78.4 Å². The summed E-state index contributed by atoms with van der Waals surface area (Å²) in [5.74, 6) is 1.53. The molecular weight excluding hydrogens is 418 g/mol. The molecule has 0 aliphatic rings. The monoisotopic (exact) mass is 445 g/mol. The van der Waals surface area contributed by atoms with Crippen LogP contribution in [0.5, 0.6) is 5.75 Å². The van der Waals surface area contributed by atoms with Gasteiger partial charge in [0.1, 0.15) is 5.75 Å². The molecule has 1 N–H and O–H groups in total. The molecule has 1 aromatic heterocycles. The van der Waals surface area contributed by atoms with Gasteiger partial charge in [-0.1, -0.05) is 49.9 Å². The zero-order valence-electron chi connectivity index (χ0n) is 18.5. The first-order chi connectivity index (χ1) is 15.6. The first-order valence-corrected chi connectivity index (χ1v) is 11.7. The van der Waals surface area contributed by atoms with E-state index in [2.05, 4.69) is 35.9 Å². The lowest BCUT2D eigenvalue weighted by Gasteiger charge is -2.11. The molecule has 3 aromatic carbocycles. The largest absolute Gasteiger partial charge is 0.497 e. The molecule has 0 aliphatic carbocycles. The van der Waals surface area contributed by atoms with Crippen LogP contribution in [0, 0.1) is 0 Å². The summed E-state index contributed by atoms with van der Waals surface area (Å²) in [6, 6.07) is 23.9. The highest BCUT2D eigenvalue weighted by atomic mass is 32.2. The summed E-state index contributed by atoms with van der Waals surface area (Å²) in [6.45, 7) is 4.38. The number of amides is 1. The lowest BCUT2D eigenvalue weighted by Crippen LogP contribution is -2.14. The van der Waals surface area contributed by atoms with Crippen LogP contribution >= 0.6 is 11.8 Å². The topological polar surface area (TPSA) is 56.2 Å². The Kier molecular flexibility index (Phi) is 6.81. The molecular formula is C26H27N3O2S. The van der Waals surface area contributed by atoms with E-state index in [1.54, 1.807) is 7.11 Å². The van der Waals surface area contributed by atoms with E-state index in [0.717, 1.165) is 39.7 Å². The highest BCUT2D eigenvalue weighted by Gasteiger charge is 2.15. The SMILES string of the molecule is CC[C@H](C)c1ccc(NC(=O)CSc2nc3ccccc3n2-c2ccc(OC)cc2)cc1. The Bertz CT molecular complexity index is 1200. The van der Waals surface area contributed by atoms with E-state index < -0.39 is 0 Å². The maximum atomic E-state index is 12.6. The number of thioether (sulfide) groups is 1. The molecule has 4 rings (SSSR count). The number of carbonyl (C=O) groups excluding carboxylic acids is 1. The Morgan fingerprint density at radius 3 is 2.47 bits per heavy atom. The van der Waals surface area contributed by atoms with Gasteiger partial charge in [-0.15, -0.1) is 0 Å². The van der Waals surface area contributed by atoms with Crippen LogP contribution in [0.15, 0.2) is 78.0 Å². The van der Waals surface area contributed by atoms with Crippen molar-refractivity contribution < 1.29 is 9.53 Å². The first-order valence-electron chi connectivity index (χ1n) is 10.7. The fourth-order valence-corrected chi connectivity index (χ4v) is 4.37. The number of anilines is 1. The van der Waals surface area contributed by atoms with Crippen LogP contribution in [-0.2, 0) is 4.79 Å². The van der Waals surface area contributed by atoms with Crippen molar-refractivity contribution in [2.75, 3.05) is 18.2 Å². The first kappa shape index (κ1) is 22.0. The lowest BCUT2D eigenvalue weighted by atomic mass is 9.99. The van der Waals surface area contributed by atoms with Crippen molar-refractivity contribution >= 4 is 34.4 Å². The van der Waals surface area contributed by atoms with E-state index in [-0.39, 0.29) is 11.7 Å². The van der Waals surface area contributed by atoms with Crippen LogP contribution < -0.4 is 10.1 Å². The lowest BCUT2D eigenvalue weighted by molar-refractivity contribution is -0.113. The minimum atomic E-state index is -0.0559. The molecule has 4 aromatic rings. The van der Waals surface area contributed by atoms with Gasteiger partial charge in [-0.2, -0.15) is 0 Å². The number of fused-ring (bicyclic) bond motifs is 1. The number of nitrogens with one attached hydrogen (secondary N) is 1. The van der Waals surface area contributed by atoms with Gasteiger partial charge in [0.2, 0.25) is 5.91 Å². The van der Waals surface area contributed by atoms with Gasteiger partial charge in [-0.05, 0) is 66.4 Å². The highest BCUT2D eigenvalue weighted by molar-refractivity contribution is 7.99. The molecule has 0 saturated carbocycles. The summed E-state index contributed by atoms with van der Waals surface area (Å²) in [7, 11) is 1.65. The van der Waals surface area contributed by atoms with Crippen molar-refractivity contribution in [2.24, 2.45) is 0 Å². The van der Waals surface area contributed by atoms with Crippen molar-refractivity contribution in [2.45, 2.75) is 31.3 Å². The maximum absolute atomic E-state index is 12.6. The zero-order chi connectivity index (χ0) is 22.5. The molecule has 6 heteroatoms. The molecule has 0 saturated heterocycles. The molecule has 5 nitrogen and oxygen atoms in total. The van der Waals surface area contributed by atoms with Gasteiger partial charge in [-0.25, -0.2) is 4.98 Å². The fraction of sp³-hybridized carbons (Fsp3) is 0.231. The molecule has 0 unspecified atom stereocenters. The van der Waals surface area contributed by atoms with Crippen LogP contribution in [0.25, 0.3) is 16.7 Å². The Labute approximate surface area is 192 Å². The maximum Gasteiger partial charge on any atom is 0.234 e. The molecule has 0 radical (unpaired) electrons. The van der Waals surface area contributed by atoms with Gasteiger partial charge in [0, 0.05) is 11.4 Å². The number of rotatable bonds is 8. The summed E-state index contributed by atoms with van der Waals surface area (Å²) < 4.78 is 7.36. The van der Waals surface area contributed by atoms with Crippen molar-refractivity contribution in [1.82, 2.24) is 9.55 Å². The normalized spacial score (nSPS) is 12.0. The van der Waals surface area contributed by atoms with Crippen LogP contribution in [0.1, 0.15) is 31.7 Å². The number of benzene rings is 3. The molecule has 164 valence electrons. The Morgan fingerprint density at radius 2 is 1.78 bits per heavy atom. The van der Waals surface area contributed by atoms with E-state index in [9.17, 15) is 4.79 Å². The number of nitrogens with zero attached hydrogens (tertiary/aromatic N) is 2. The number of carbonyl (C=O) groups is 1. The minimum absolute atomic E-state index is 0.0559. The molecule has 1 amide bonds. The van der Waals surface area contributed by atoms with Crippen molar-refractivity contribution in [3.63, 3.8) is 0 Å². The van der Waals surface area contributed by atoms with Gasteiger partial charge in [-0.3, -0.25) is 9.36 Å². The third-order valence-corrected chi connectivity index (χ3v) is 6.51. The second-order valence-corrected chi connectivity index (χ2v) is 8.63. The molecule has 0 spiro atoms. The minimum Gasteiger partial charge on any atom is -0.497 e. The summed E-state index contributed by atoms with van der Waals surface area (Å²) >= 11 is 1.43. The number of aromatic nitrogens is 2. The van der Waals surface area contributed by atoms with Gasteiger partial charge < -0.3 is 10.1 Å². The van der Waals surface area contributed by atoms with Crippen LogP contribution in [0.4, 0.5) is 5.69 Å². The van der Waals surface area contributed by atoms with Crippen molar-refractivity contribution in [3.8, 4) is 11.4 Å². The van der Waals surface area contributed by atoms with Crippen molar-refractivity contribution in [1.29, 1.82) is 0 Å². The smallest absolute Gasteiger partial charge is 0.234 e. The number of imidazole rings is 1. The predicted octanol–water partition coefficient (Wildman–Crippen LogP) is 6.28. The van der Waals surface area contributed by atoms with Gasteiger partial charge in [0.05, 0.1) is 23.9 Å². The summed E-state index contributed by atoms with van der Waals surface area (Å²) in [5, 5.41) is 3.77. The standard InChI is InChI=1S/C26H27N3O2S/c1-4-18(2)19-9-11-20(12-10-19)27-25(30)17-32-26-28-23-7-5-6-8-24(23)29(26)21-13-15-22(31-3)16-14-21/h5-16,18H,4,17H2,1-3H3,(H,27,30)/t18-/m0/s1. The Balaban J connectivity index is 1.51. The second-order valence-electron chi connectivity index (χ2n) is 7.68. The molecule has 0 fully saturated rings. The Morgan fingerprint density at radius 1 is 1.06 bits per heavy atom. The average Bonchev–Trinajstić information content (AvgIpc) is 3.21. The van der Waals surface area contributed by atoms with Crippen LogP contribution in [0.2, 0.25) is 0 Å².